The quantitative estimate of drug-likeness (QED) is 0.773. The van der Waals surface area contributed by atoms with Gasteiger partial charge in [-0.2, -0.15) is 5.10 Å². The minimum Gasteiger partial charge on any atom is -0.394 e. The van der Waals surface area contributed by atoms with Crippen LogP contribution in [0.15, 0.2) is 30.5 Å². The maximum absolute atomic E-state index is 6.22. The number of hydrogen-bond donors (Lipinski definition) is 2. The fourth-order valence-electron chi connectivity index (χ4n) is 2.32. The lowest BCUT2D eigenvalue weighted by Gasteiger charge is -2.12. The van der Waals surface area contributed by atoms with Crippen LogP contribution in [-0.4, -0.2) is 14.8 Å². The highest BCUT2D eigenvalue weighted by Gasteiger charge is 2.13. The Labute approximate surface area is 127 Å². The zero-order valence-electron chi connectivity index (χ0n) is 11.9. The maximum Gasteiger partial charge on any atom is 0.152 e. The molecule has 0 fully saturated rings. The molecule has 6 heteroatoms. The van der Waals surface area contributed by atoms with Gasteiger partial charge in [-0.15, -0.1) is 0 Å². The van der Waals surface area contributed by atoms with Gasteiger partial charge in [-0.1, -0.05) is 11.6 Å². The molecule has 0 atom stereocenters. The van der Waals surface area contributed by atoms with Crippen molar-refractivity contribution < 1.29 is 0 Å². The monoisotopic (exact) mass is 301 g/mol. The molecule has 5 nitrogen and oxygen atoms in total. The number of anilines is 3. The number of aryl methyl sites for hydroxylation is 2. The van der Waals surface area contributed by atoms with Crippen molar-refractivity contribution in [2.75, 3.05) is 11.1 Å². The molecule has 0 radical (unpaired) electrons. The first-order valence-corrected chi connectivity index (χ1v) is 7.12. The van der Waals surface area contributed by atoms with Crippen LogP contribution in [0, 0.1) is 6.92 Å². The van der Waals surface area contributed by atoms with Crippen LogP contribution in [0.5, 0.6) is 0 Å². The van der Waals surface area contributed by atoms with Crippen molar-refractivity contribution in [1.82, 2.24) is 14.8 Å². The summed E-state index contributed by atoms with van der Waals surface area (Å²) in [5.74, 6) is 0.782. The van der Waals surface area contributed by atoms with E-state index in [1.807, 2.05) is 42.8 Å². The average Bonchev–Trinajstić information content (AvgIpc) is 2.78. The SMILES string of the molecule is CCn1nc(C)c(N)c1Nc1ccc(Cl)c2cccnc12. The largest absolute Gasteiger partial charge is 0.394 e. The summed E-state index contributed by atoms with van der Waals surface area (Å²) in [5.41, 5.74) is 9.24. The van der Waals surface area contributed by atoms with E-state index in [-0.39, 0.29) is 0 Å². The number of nitrogens with one attached hydrogen (secondary N) is 1. The lowest BCUT2D eigenvalue weighted by Crippen LogP contribution is -2.05. The smallest absolute Gasteiger partial charge is 0.152 e. The van der Waals surface area contributed by atoms with E-state index in [9.17, 15) is 0 Å². The van der Waals surface area contributed by atoms with E-state index in [0.717, 1.165) is 34.6 Å². The summed E-state index contributed by atoms with van der Waals surface area (Å²) in [6, 6.07) is 7.57. The molecular formula is C15H16ClN5. The van der Waals surface area contributed by atoms with E-state index in [4.69, 9.17) is 17.3 Å². The minimum absolute atomic E-state index is 0.649. The third kappa shape index (κ3) is 2.29. The van der Waals surface area contributed by atoms with Crippen LogP contribution in [0.3, 0.4) is 0 Å². The Morgan fingerprint density at radius 2 is 2.14 bits per heavy atom. The highest BCUT2D eigenvalue weighted by Crippen LogP contribution is 2.32. The molecule has 0 saturated carbocycles. The van der Waals surface area contributed by atoms with Crippen molar-refractivity contribution in [2.45, 2.75) is 20.4 Å². The van der Waals surface area contributed by atoms with Crippen LogP contribution >= 0.6 is 11.6 Å². The Bertz CT molecular complexity index is 809. The van der Waals surface area contributed by atoms with Gasteiger partial charge in [-0.25, -0.2) is 4.68 Å². The third-order valence-corrected chi connectivity index (χ3v) is 3.77. The predicted molar refractivity (Wildman–Crippen MR) is 87.1 cm³/mol. The number of benzene rings is 1. The summed E-state index contributed by atoms with van der Waals surface area (Å²) in [6.07, 6.45) is 1.75. The van der Waals surface area contributed by atoms with Gasteiger partial charge in [0, 0.05) is 18.1 Å². The van der Waals surface area contributed by atoms with Gasteiger partial charge >= 0.3 is 0 Å². The summed E-state index contributed by atoms with van der Waals surface area (Å²) in [7, 11) is 0. The van der Waals surface area contributed by atoms with Gasteiger partial charge in [0.1, 0.15) is 0 Å². The van der Waals surface area contributed by atoms with Crippen molar-refractivity contribution >= 4 is 39.7 Å². The molecule has 0 unspecified atom stereocenters. The summed E-state index contributed by atoms with van der Waals surface area (Å²) in [5, 5.41) is 9.32. The second kappa shape index (κ2) is 5.26. The fraction of sp³-hybridized carbons (Fsp3) is 0.200. The van der Waals surface area contributed by atoms with Gasteiger partial charge in [-0.05, 0) is 38.1 Å². The average molecular weight is 302 g/mol. The van der Waals surface area contributed by atoms with Crippen LogP contribution in [0.2, 0.25) is 5.02 Å². The topological polar surface area (TPSA) is 68.8 Å². The number of nitrogen functional groups attached to an aromatic ring is 1. The first-order chi connectivity index (χ1) is 10.1. The molecule has 0 amide bonds. The zero-order chi connectivity index (χ0) is 15.0. The summed E-state index contributed by atoms with van der Waals surface area (Å²) in [6.45, 7) is 4.65. The second-order valence-corrected chi connectivity index (χ2v) is 5.19. The number of nitrogens with two attached hydrogens (primary N) is 1. The van der Waals surface area contributed by atoms with E-state index >= 15 is 0 Å². The molecule has 3 rings (SSSR count). The molecule has 108 valence electrons. The number of fused-ring (bicyclic) bond motifs is 1. The molecule has 0 bridgehead atoms. The van der Waals surface area contributed by atoms with Gasteiger partial charge in [0.05, 0.1) is 27.6 Å². The number of halogens is 1. The highest BCUT2D eigenvalue weighted by atomic mass is 35.5. The third-order valence-electron chi connectivity index (χ3n) is 3.44. The first kappa shape index (κ1) is 13.7. The molecule has 0 spiro atoms. The molecule has 0 aliphatic rings. The standard InChI is InChI=1S/C15H16ClN5/c1-3-21-15(13(17)9(2)20-21)19-12-7-6-11(16)10-5-4-8-18-14(10)12/h4-8,19H,3,17H2,1-2H3. The van der Waals surface area contributed by atoms with Gasteiger partial charge < -0.3 is 11.1 Å². The maximum atomic E-state index is 6.22. The van der Waals surface area contributed by atoms with Gasteiger partial charge in [-0.3, -0.25) is 4.98 Å². The molecule has 21 heavy (non-hydrogen) atoms. The zero-order valence-corrected chi connectivity index (χ0v) is 12.6. The Hall–Kier alpha value is -2.27. The summed E-state index contributed by atoms with van der Waals surface area (Å²) >= 11 is 6.22. The van der Waals surface area contributed by atoms with E-state index in [1.165, 1.54) is 0 Å². The van der Waals surface area contributed by atoms with Crippen LogP contribution in [0.25, 0.3) is 10.9 Å². The van der Waals surface area contributed by atoms with Gasteiger partial charge in [0.15, 0.2) is 5.82 Å². The minimum atomic E-state index is 0.649. The highest BCUT2D eigenvalue weighted by molar-refractivity contribution is 6.35. The van der Waals surface area contributed by atoms with Crippen molar-refractivity contribution in [3.05, 3.63) is 41.2 Å². The Kier molecular flexibility index (Phi) is 3.43. The van der Waals surface area contributed by atoms with Crippen molar-refractivity contribution in [1.29, 1.82) is 0 Å². The normalized spacial score (nSPS) is 11.0. The number of pyridine rings is 1. The molecule has 3 aromatic rings. The van der Waals surface area contributed by atoms with Crippen LogP contribution in [0.4, 0.5) is 17.2 Å². The molecule has 0 aliphatic carbocycles. The Morgan fingerprint density at radius 3 is 2.90 bits per heavy atom. The molecule has 0 aliphatic heterocycles. The Balaban J connectivity index is 2.13. The van der Waals surface area contributed by atoms with Crippen molar-refractivity contribution in [3.8, 4) is 0 Å². The lowest BCUT2D eigenvalue weighted by atomic mass is 10.2. The molecule has 2 aromatic heterocycles. The molecule has 1 aromatic carbocycles. The van der Waals surface area contributed by atoms with Crippen LogP contribution in [-0.2, 0) is 6.54 Å². The number of aromatic nitrogens is 3. The Morgan fingerprint density at radius 1 is 1.33 bits per heavy atom. The summed E-state index contributed by atoms with van der Waals surface area (Å²) < 4.78 is 1.84. The molecule has 0 saturated heterocycles. The molecular weight excluding hydrogens is 286 g/mol. The van der Waals surface area contributed by atoms with Crippen molar-refractivity contribution in [3.63, 3.8) is 0 Å². The van der Waals surface area contributed by atoms with Crippen molar-refractivity contribution in [2.24, 2.45) is 0 Å². The fourth-order valence-corrected chi connectivity index (χ4v) is 2.54. The first-order valence-electron chi connectivity index (χ1n) is 6.75. The van der Waals surface area contributed by atoms with Crippen LogP contribution < -0.4 is 11.1 Å². The van der Waals surface area contributed by atoms with Crippen LogP contribution in [0.1, 0.15) is 12.6 Å². The van der Waals surface area contributed by atoms with E-state index in [0.29, 0.717) is 10.7 Å². The number of rotatable bonds is 3. The van der Waals surface area contributed by atoms with E-state index in [1.54, 1.807) is 6.20 Å². The van der Waals surface area contributed by atoms with E-state index < -0.39 is 0 Å². The predicted octanol–water partition coefficient (Wildman–Crippen LogP) is 3.74. The lowest BCUT2D eigenvalue weighted by molar-refractivity contribution is 0.661. The second-order valence-electron chi connectivity index (χ2n) is 4.78. The summed E-state index contributed by atoms with van der Waals surface area (Å²) in [4.78, 5) is 4.41. The van der Waals surface area contributed by atoms with Gasteiger partial charge in [0.2, 0.25) is 0 Å². The number of hydrogen-bond acceptors (Lipinski definition) is 4. The van der Waals surface area contributed by atoms with Gasteiger partial charge in [0.25, 0.3) is 0 Å². The van der Waals surface area contributed by atoms with E-state index in [2.05, 4.69) is 15.4 Å². The number of nitrogens with zero attached hydrogens (tertiary/aromatic N) is 3. The molecule has 3 N–H and O–H groups in total. The molecule has 2 heterocycles.